The Hall–Kier alpha value is -1.98. The van der Waals surface area contributed by atoms with E-state index in [9.17, 15) is 8.78 Å². The quantitative estimate of drug-likeness (QED) is 0.927. The molecule has 0 aromatic heterocycles. The van der Waals surface area contributed by atoms with Crippen molar-refractivity contribution in [1.82, 2.24) is 4.90 Å². The predicted molar refractivity (Wildman–Crippen MR) is 92.4 cm³/mol. The Labute approximate surface area is 146 Å². The average molecular weight is 344 g/mol. The molecule has 0 spiro atoms. The smallest absolute Gasteiger partial charge is 0.168 e. The fourth-order valence-corrected chi connectivity index (χ4v) is 4.05. The van der Waals surface area contributed by atoms with E-state index in [-0.39, 0.29) is 23.9 Å². The first-order valence-electron chi connectivity index (χ1n) is 8.81. The normalized spacial score (nSPS) is 26.4. The van der Waals surface area contributed by atoms with E-state index in [1.54, 1.807) is 0 Å². The number of nitrogens with zero attached hydrogens (tertiary/aromatic N) is 1. The summed E-state index contributed by atoms with van der Waals surface area (Å²) >= 11 is 0. The van der Waals surface area contributed by atoms with Crippen molar-refractivity contribution in [3.05, 3.63) is 65.2 Å². The number of piperidine rings is 1. The number of benzene rings is 2. The van der Waals surface area contributed by atoms with Crippen LogP contribution in [0.25, 0.3) is 0 Å². The second kappa shape index (κ2) is 6.73. The first-order chi connectivity index (χ1) is 12.1. The molecule has 2 aromatic rings. The van der Waals surface area contributed by atoms with Crippen LogP contribution in [0, 0.1) is 11.6 Å². The topological polar surface area (TPSA) is 38.5 Å². The molecule has 0 radical (unpaired) electrons. The van der Waals surface area contributed by atoms with Crippen molar-refractivity contribution in [2.45, 2.75) is 37.5 Å². The van der Waals surface area contributed by atoms with Gasteiger partial charge in [0.2, 0.25) is 0 Å². The van der Waals surface area contributed by atoms with Crippen molar-refractivity contribution in [1.29, 1.82) is 0 Å². The Morgan fingerprint density at radius 3 is 2.76 bits per heavy atom. The summed E-state index contributed by atoms with van der Waals surface area (Å²) in [5.74, 6) is -1.18. The zero-order chi connectivity index (χ0) is 17.4. The highest BCUT2D eigenvalue weighted by molar-refractivity contribution is 5.38. The van der Waals surface area contributed by atoms with Crippen LogP contribution in [0.3, 0.4) is 0 Å². The first-order valence-corrected chi connectivity index (χ1v) is 8.81. The van der Waals surface area contributed by atoms with Gasteiger partial charge in [-0.1, -0.05) is 24.3 Å². The zero-order valence-electron chi connectivity index (χ0n) is 14.0. The van der Waals surface area contributed by atoms with E-state index in [1.165, 1.54) is 17.7 Å². The molecule has 1 fully saturated rings. The minimum absolute atomic E-state index is 0.0920. The summed E-state index contributed by atoms with van der Waals surface area (Å²) in [4.78, 5) is 2.36. The maximum Gasteiger partial charge on any atom is 0.168 e. The van der Waals surface area contributed by atoms with E-state index < -0.39 is 11.6 Å². The molecule has 3 nitrogen and oxygen atoms in total. The molecule has 25 heavy (non-hydrogen) atoms. The number of nitrogens with two attached hydrogens (primary N) is 1. The summed E-state index contributed by atoms with van der Waals surface area (Å²) in [6.07, 6.45) is 2.68. The molecule has 1 aliphatic carbocycles. The van der Waals surface area contributed by atoms with E-state index in [4.69, 9.17) is 10.5 Å². The van der Waals surface area contributed by atoms with E-state index in [0.29, 0.717) is 0 Å². The summed E-state index contributed by atoms with van der Waals surface area (Å²) in [5, 5.41) is 0. The molecule has 1 saturated heterocycles. The number of likely N-dealkylation sites (tertiary alicyclic amines) is 1. The minimum Gasteiger partial charge on any atom is -0.481 e. The third-order valence-corrected chi connectivity index (χ3v) is 5.25. The molecule has 2 aromatic carbocycles. The lowest BCUT2D eigenvalue weighted by Gasteiger charge is -2.38. The van der Waals surface area contributed by atoms with Gasteiger partial charge in [-0.2, -0.15) is 0 Å². The van der Waals surface area contributed by atoms with Gasteiger partial charge in [0.15, 0.2) is 11.6 Å². The number of ether oxygens (including phenoxy) is 1. The highest BCUT2D eigenvalue weighted by Gasteiger charge is 2.39. The van der Waals surface area contributed by atoms with Gasteiger partial charge in [0.25, 0.3) is 0 Å². The molecule has 0 saturated carbocycles. The van der Waals surface area contributed by atoms with Crippen LogP contribution in [-0.4, -0.2) is 30.1 Å². The van der Waals surface area contributed by atoms with Gasteiger partial charge in [-0.05, 0) is 49.1 Å². The Morgan fingerprint density at radius 1 is 1.12 bits per heavy atom. The summed E-state index contributed by atoms with van der Waals surface area (Å²) in [6, 6.07) is 11.9. The van der Waals surface area contributed by atoms with Crippen LogP contribution in [0.4, 0.5) is 8.78 Å². The van der Waals surface area contributed by atoms with E-state index in [1.807, 2.05) is 18.2 Å². The maximum absolute atomic E-state index is 14.1. The average Bonchev–Trinajstić information content (AvgIpc) is 2.96. The van der Waals surface area contributed by atoms with Crippen molar-refractivity contribution in [2.24, 2.45) is 5.73 Å². The van der Waals surface area contributed by atoms with Gasteiger partial charge in [0.05, 0.1) is 6.04 Å². The fraction of sp³-hybridized carbons (Fsp3) is 0.400. The summed E-state index contributed by atoms with van der Waals surface area (Å²) in [7, 11) is 0. The number of hydrogen-bond donors (Lipinski definition) is 1. The molecule has 4 rings (SSSR count). The molecule has 5 heteroatoms. The second-order valence-corrected chi connectivity index (χ2v) is 6.98. The van der Waals surface area contributed by atoms with E-state index >= 15 is 0 Å². The molecule has 1 heterocycles. The van der Waals surface area contributed by atoms with Crippen LogP contribution in [0.1, 0.15) is 30.1 Å². The van der Waals surface area contributed by atoms with Gasteiger partial charge in [-0.25, -0.2) is 8.78 Å². The van der Waals surface area contributed by atoms with Gasteiger partial charge in [-0.3, -0.25) is 4.90 Å². The SMILES string of the molecule is N[C@@H]1CCCN([C@@H]2Cc3ccccc3[C@H]2Oc2ccc(F)cc2F)C1. The number of halogens is 2. The molecular weight excluding hydrogens is 322 g/mol. The van der Waals surface area contributed by atoms with Crippen LogP contribution in [-0.2, 0) is 6.42 Å². The van der Waals surface area contributed by atoms with Crippen LogP contribution >= 0.6 is 0 Å². The third kappa shape index (κ3) is 3.26. The standard InChI is InChI=1S/C20H22F2N2O/c21-14-7-8-19(17(22)11-14)25-20-16-6-2-1-4-13(16)10-18(20)24-9-3-5-15(23)12-24/h1-2,4,6-8,11,15,18,20H,3,5,9-10,12,23H2/t15-,18-,20-/m1/s1. The van der Waals surface area contributed by atoms with Gasteiger partial charge in [-0.15, -0.1) is 0 Å². The van der Waals surface area contributed by atoms with Gasteiger partial charge < -0.3 is 10.5 Å². The summed E-state index contributed by atoms with van der Waals surface area (Å²) in [5.41, 5.74) is 8.45. The summed E-state index contributed by atoms with van der Waals surface area (Å²) in [6.45, 7) is 1.79. The molecule has 0 bridgehead atoms. The summed E-state index contributed by atoms with van der Waals surface area (Å²) < 4.78 is 33.4. The first kappa shape index (κ1) is 16.5. The van der Waals surface area contributed by atoms with Crippen LogP contribution in [0.5, 0.6) is 5.75 Å². The molecule has 3 atom stereocenters. The zero-order valence-corrected chi connectivity index (χ0v) is 14.0. The van der Waals surface area contributed by atoms with Crippen molar-refractivity contribution < 1.29 is 13.5 Å². The Bertz CT molecular complexity index is 767. The van der Waals surface area contributed by atoms with E-state index in [2.05, 4.69) is 11.0 Å². The largest absolute Gasteiger partial charge is 0.481 e. The monoisotopic (exact) mass is 344 g/mol. The molecule has 0 amide bonds. The molecule has 2 N–H and O–H groups in total. The molecular formula is C20H22F2N2O. The van der Waals surface area contributed by atoms with Crippen LogP contribution < -0.4 is 10.5 Å². The van der Waals surface area contributed by atoms with Gasteiger partial charge >= 0.3 is 0 Å². The van der Waals surface area contributed by atoms with Crippen LogP contribution in [0.15, 0.2) is 42.5 Å². The molecule has 1 aliphatic heterocycles. The molecule has 2 aliphatic rings. The minimum atomic E-state index is -0.668. The number of hydrogen-bond acceptors (Lipinski definition) is 3. The third-order valence-electron chi connectivity index (χ3n) is 5.25. The van der Waals surface area contributed by atoms with Crippen molar-refractivity contribution in [3.8, 4) is 5.75 Å². The molecule has 0 unspecified atom stereocenters. The van der Waals surface area contributed by atoms with Gasteiger partial charge in [0.1, 0.15) is 11.9 Å². The lowest BCUT2D eigenvalue weighted by atomic mass is 10.0. The van der Waals surface area contributed by atoms with E-state index in [0.717, 1.165) is 44.0 Å². The van der Waals surface area contributed by atoms with Crippen molar-refractivity contribution >= 4 is 0 Å². The van der Waals surface area contributed by atoms with Crippen molar-refractivity contribution in [3.63, 3.8) is 0 Å². The predicted octanol–water partition coefficient (Wildman–Crippen LogP) is 3.43. The Kier molecular flexibility index (Phi) is 4.44. The Morgan fingerprint density at radius 2 is 1.96 bits per heavy atom. The van der Waals surface area contributed by atoms with Crippen LogP contribution in [0.2, 0.25) is 0 Å². The lowest BCUT2D eigenvalue weighted by Crippen LogP contribution is -2.49. The fourth-order valence-electron chi connectivity index (χ4n) is 4.05. The highest BCUT2D eigenvalue weighted by Crippen LogP contribution is 2.39. The molecule has 132 valence electrons. The van der Waals surface area contributed by atoms with Gasteiger partial charge in [0, 0.05) is 18.7 Å². The maximum atomic E-state index is 14.1. The second-order valence-electron chi connectivity index (χ2n) is 6.98. The number of fused-ring (bicyclic) bond motifs is 1. The Balaban J connectivity index is 1.65. The number of rotatable bonds is 3. The lowest BCUT2D eigenvalue weighted by molar-refractivity contribution is 0.0570. The highest BCUT2D eigenvalue weighted by atomic mass is 19.1. The van der Waals surface area contributed by atoms with Crippen molar-refractivity contribution in [2.75, 3.05) is 13.1 Å².